The number of pyridine rings is 1. The molecule has 0 aliphatic heterocycles. The number of hydrogen-bond acceptors (Lipinski definition) is 5. The smallest absolute Gasteiger partial charge is 0.228 e. The molecular weight excluding hydrogens is 320 g/mol. The highest BCUT2D eigenvalue weighted by Crippen LogP contribution is 2.22. The molecule has 0 aliphatic rings. The van der Waals surface area contributed by atoms with E-state index in [-0.39, 0.29) is 11.5 Å². The zero-order valence-electron chi connectivity index (χ0n) is 11.9. The third kappa shape index (κ3) is 4.38. The summed E-state index contributed by atoms with van der Waals surface area (Å²) in [5, 5.41) is 3.95. The van der Waals surface area contributed by atoms with Gasteiger partial charge in [0.05, 0.1) is 0 Å². The molecule has 108 valence electrons. The standard InChI is InChI=1S/C14H19BrN4O/c1-14(2,3)7-10(16)6-12-18-13(19-20-12)11-5-4-9(15)8-17-11/h4-5,8,10H,6-7,16H2,1-3H3. The molecule has 1 atom stereocenters. The third-order valence-electron chi connectivity index (χ3n) is 2.74. The third-order valence-corrected chi connectivity index (χ3v) is 3.21. The van der Waals surface area contributed by atoms with Gasteiger partial charge in [0, 0.05) is 23.1 Å². The number of rotatable bonds is 4. The fraction of sp³-hybridized carbons (Fsp3) is 0.500. The van der Waals surface area contributed by atoms with Crippen LogP contribution in [0.15, 0.2) is 27.3 Å². The average Bonchev–Trinajstić information content (AvgIpc) is 2.75. The van der Waals surface area contributed by atoms with Crippen molar-refractivity contribution < 1.29 is 4.52 Å². The van der Waals surface area contributed by atoms with E-state index in [1.54, 1.807) is 6.20 Å². The molecule has 5 nitrogen and oxygen atoms in total. The van der Waals surface area contributed by atoms with Crippen molar-refractivity contribution >= 4 is 15.9 Å². The summed E-state index contributed by atoms with van der Waals surface area (Å²) in [6.45, 7) is 6.49. The molecule has 2 aromatic heterocycles. The highest BCUT2D eigenvalue weighted by atomic mass is 79.9. The number of aromatic nitrogens is 3. The second-order valence-corrected chi connectivity index (χ2v) is 7.02. The Labute approximate surface area is 127 Å². The van der Waals surface area contributed by atoms with Crippen molar-refractivity contribution in [2.75, 3.05) is 0 Å². The SMILES string of the molecule is CC(C)(C)CC(N)Cc1nc(-c2ccc(Br)cn2)no1. The van der Waals surface area contributed by atoms with Gasteiger partial charge < -0.3 is 10.3 Å². The van der Waals surface area contributed by atoms with Crippen molar-refractivity contribution in [1.82, 2.24) is 15.1 Å². The van der Waals surface area contributed by atoms with Crippen LogP contribution in [0.25, 0.3) is 11.5 Å². The molecule has 2 aromatic rings. The van der Waals surface area contributed by atoms with Crippen molar-refractivity contribution in [3.63, 3.8) is 0 Å². The monoisotopic (exact) mass is 338 g/mol. The van der Waals surface area contributed by atoms with E-state index in [0.717, 1.165) is 10.9 Å². The lowest BCUT2D eigenvalue weighted by atomic mass is 9.87. The first kappa shape index (κ1) is 15.1. The van der Waals surface area contributed by atoms with Crippen LogP contribution < -0.4 is 5.73 Å². The number of halogens is 1. The fourth-order valence-electron chi connectivity index (χ4n) is 2.03. The highest BCUT2D eigenvalue weighted by molar-refractivity contribution is 9.10. The number of hydrogen-bond donors (Lipinski definition) is 1. The van der Waals surface area contributed by atoms with Gasteiger partial charge in [0.2, 0.25) is 11.7 Å². The average molecular weight is 339 g/mol. The van der Waals surface area contributed by atoms with Gasteiger partial charge in [-0.3, -0.25) is 4.98 Å². The molecule has 0 aliphatic carbocycles. The lowest BCUT2D eigenvalue weighted by molar-refractivity contribution is 0.313. The van der Waals surface area contributed by atoms with Gasteiger partial charge in [-0.1, -0.05) is 25.9 Å². The van der Waals surface area contributed by atoms with Crippen LogP contribution in [0.3, 0.4) is 0 Å². The first-order chi connectivity index (χ1) is 9.33. The summed E-state index contributed by atoms with van der Waals surface area (Å²) in [6, 6.07) is 3.75. The zero-order valence-corrected chi connectivity index (χ0v) is 13.5. The summed E-state index contributed by atoms with van der Waals surface area (Å²) in [6.07, 6.45) is 3.19. The molecule has 2 heterocycles. The Morgan fingerprint density at radius 2 is 2.10 bits per heavy atom. The lowest BCUT2D eigenvalue weighted by Crippen LogP contribution is -2.28. The first-order valence-corrected chi connectivity index (χ1v) is 7.33. The van der Waals surface area contributed by atoms with Gasteiger partial charge in [-0.2, -0.15) is 4.98 Å². The summed E-state index contributed by atoms with van der Waals surface area (Å²) in [5.41, 5.74) is 6.99. The van der Waals surface area contributed by atoms with Gasteiger partial charge in [0.1, 0.15) is 5.69 Å². The van der Waals surface area contributed by atoms with Crippen LogP contribution in [0.2, 0.25) is 0 Å². The minimum atomic E-state index is 0.0150. The molecule has 0 spiro atoms. The van der Waals surface area contributed by atoms with Crippen molar-refractivity contribution in [1.29, 1.82) is 0 Å². The normalized spacial score (nSPS) is 13.4. The summed E-state index contributed by atoms with van der Waals surface area (Å²) in [4.78, 5) is 8.58. The van der Waals surface area contributed by atoms with Gasteiger partial charge >= 0.3 is 0 Å². The zero-order chi connectivity index (χ0) is 14.8. The Morgan fingerprint density at radius 3 is 2.70 bits per heavy atom. The predicted octanol–water partition coefficient (Wildman–Crippen LogP) is 3.20. The Kier molecular flexibility index (Phi) is 4.55. The van der Waals surface area contributed by atoms with Crippen LogP contribution in [0.4, 0.5) is 0 Å². The van der Waals surface area contributed by atoms with Crippen molar-refractivity contribution in [2.24, 2.45) is 11.1 Å². The molecule has 20 heavy (non-hydrogen) atoms. The van der Waals surface area contributed by atoms with E-state index in [9.17, 15) is 0 Å². The van der Waals surface area contributed by atoms with E-state index in [1.807, 2.05) is 12.1 Å². The van der Waals surface area contributed by atoms with E-state index < -0.39 is 0 Å². The molecule has 0 bridgehead atoms. The molecule has 2 rings (SSSR count). The second-order valence-electron chi connectivity index (χ2n) is 6.10. The van der Waals surface area contributed by atoms with Crippen LogP contribution in [0, 0.1) is 5.41 Å². The lowest BCUT2D eigenvalue weighted by Gasteiger charge is -2.21. The molecule has 0 aromatic carbocycles. The molecule has 0 amide bonds. The Morgan fingerprint density at radius 1 is 1.35 bits per heavy atom. The maximum Gasteiger partial charge on any atom is 0.228 e. The first-order valence-electron chi connectivity index (χ1n) is 6.53. The van der Waals surface area contributed by atoms with Crippen LogP contribution in [0.5, 0.6) is 0 Å². The van der Waals surface area contributed by atoms with Crippen molar-refractivity contribution in [2.45, 2.75) is 39.7 Å². The Balaban J connectivity index is 2.04. The van der Waals surface area contributed by atoms with E-state index in [1.165, 1.54) is 0 Å². The van der Waals surface area contributed by atoms with Gasteiger partial charge in [-0.15, -0.1) is 0 Å². The molecule has 0 saturated carbocycles. The second kappa shape index (κ2) is 6.01. The topological polar surface area (TPSA) is 77.8 Å². The van der Waals surface area contributed by atoms with Crippen LogP contribution in [-0.2, 0) is 6.42 Å². The van der Waals surface area contributed by atoms with Crippen LogP contribution in [0.1, 0.15) is 33.1 Å². The summed E-state index contributed by atoms with van der Waals surface area (Å²) < 4.78 is 6.16. The quantitative estimate of drug-likeness (QED) is 0.925. The molecule has 0 saturated heterocycles. The van der Waals surface area contributed by atoms with Gasteiger partial charge in [0.15, 0.2) is 0 Å². The summed E-state index contributed by atoms with van der Waals surface area (Å²) >= 11 is 3.34. The van der Waals surface area contributed by atoms with E-state index in [0.29, 0.717) is 23.8 Å². The number of nitrogens with zero attached hydrogens (tertiary/aromatic N) is 3. The molecule has 0 radical (unpaired) electrons. The van der Waals surface area contributed by atoms with Crippen molar-refractivity contribution in [3.05, 3.63) is 28.7 Å². The molecule has 1 unspecified atom stereocenters. The van der Waals surface area contributed by atoms with Crippen molar-refractivity contribution in [3.8, 4) is 11.5 Å². The Bertz CT molecular complexity index is 559. The maximum absolute atomic E-state index is 6.11. The molecule has 2 N–H and O–H groups in total. The molecule has 6 heteroatoms. The Hall–Kier alpha value is -1.27. The summed E-state index contributed by atoms with van der Waals surface area (Å²) in [7, 11) is 0. The maximum atomic E-state index is 6.11. The van der Waals surface area contributed by atoms with E-state index >= 15 is 0 Å². The van der Waals surface area contributed by atoms with Crippen LogP contribution in [-0.4, -0.2) is 21.2 Å². The minimum absolute atomic E-state index is 0.0150. The van der Waals surface area contributed by atoms with Gasteiger partial charge in [-0.05, 0) is 39.9 Å². The minimum Gasteiger partial charge on any atom is -0.339 e. The predicted molar refractivity (Wildman–Crippen MR) is 81.0 cm³/mol. The number of nitrogens with two attached hydrogens (primary N) is 1. The van der Waals surface area contributed by atoms with E-state index in [4.69, 9.17) is 10.3 Å². The molecular formula is C14H19BrN4O. The van der Waals surface area contributed by atoms with Gasteiger partial charge in [-0.25, -0.2) is 0 Å². The fourth-order valence-corrected chi connectivity index (χ4v) is 2.27. The van der Waals surface area contributed by atoms with Gasteiger partial charge in [0.25, 0.3) is 0 Å². The van der Waals surface area contributed by atoms with E-state index in [2.05, 4.69) is 51.8 Å². The van der Waals surface area contributed by atoms with Crippen LogP contribution >= 0.6 is 15.9 Å². The highest BCUT2D eigenvalue weighted by Gasteiger charge is 2.19. The largest absolute Gasteiger partial charge is 0.339 e. The summed E-state index contributed by atoms with van der Waals surface area (Å²) in [5.74, 6) is 1.05. The molecule has 0 fully saturated rings.